The molecule has 0 radical (unpaired) electrons. The first-order valence-corrected chi connectivity index (χ1v) is 10.7. The Morgan fingerprint density at radius 3 is 2.63 bits per heavy atom. The molecular formula is C25H23ClN3O+. The molecule has 4 aromatic rings. The molecule has 2 aromatic heterocycles. The number of halogens is 1. The number of imidazole rings is 1. The fourth-order valence-electron chi connectivity index (χ4n) is 4.08. The predicted molar refractivity (Wildman–Crippen MR) is 119 cm³/mol. The lowest BCUT2D eigenvalue weighted by molar-refractivity contribution is -0.667. The van der Waals surface area contributed by atoms with Crippen molar-refractivity contribution in [2.24, 2.45) is 5.92 Å². The van der Waals surface area contributed by atoms with E-state index in [1.54, 1.807) is 0 Å². The molecule has 5 rings (SSSR count). The fourth-order valence-corrected chi connectivity index (χ4v) is 4.21. The Morgan fingerprint density at radius 2 is 1.83 bits per heavy atom. The fraction of sp³-hybridized carbons (Fsp3) is 0.200. The van der Waals surface area contributed by atoms with Crippen LogP contribution in [0, 0.1) is 5.92 Å². The van der Waals surface area contributed by atoms with Gasteiger partial charge in [-0.15, -0.1) is 0 Å². The molecule has 1 fully saturated rings. The summed E-state index contributed by atoms with van der Waals surface area (Å²) in [4.78, 5) is 12.8. The number of Topliss-reactive ketones (excluding diaryl/α,β-unsaturated/α-hetero) is 1. The molecule has 0 bridgehead atoms. The van der Waals surface area contributed by atoms with E-state index in [0.29, 0.717) is 5.92 Å². The molecule has 1 N–H and O–H groups in total. The van der Waals surface area contributed by atoms with Gasteiger partial charge in [-0.25, -0.2) is 8.97 Å². The molecule has 2 aromatic carbocycles. The molecule has 0 aliphatic heterocycles. The van der Waals surface area contributed by atoms with Gasteiger partial charge >= 0.3 is 0 Å². The Bertz CT molecular complexity index is 1180. The van der Waals surface area contributed by atoms with Gasteiger partial charge in [0.25, 0.3) is 5.65 Å². The lowest BCUT2D eigenvalue weighted by Gasteiger charge is -2.07. The number of anilines is 1. The number of hydrogen-bond acceptors (Lipinski definition) is 2. The molecule has 150 valence electrons. The lowest BCUT2D eigenvalue weighted by Crippen LogP contribution is -2.35. The number of pyridine rings is 1. The number of nitrogens with zero attached hydrogens (tertiary/aromatic N) is 2. The second kappa shape index (κ2) is 7.96. The number of carbonyl (C=O) groups is 1. The maximum Gasteiger partial charge on any atom is 0.286 e. The standard InChI is InChI=1S/C25H22ClN3O/c26-20-8-4-18(5-9-20)22-17-23(22)25(30)19-6-10-21(11-7-19)27-12-14-29-16-15-28-13-2-1-3-24(28)29/h1-11,13,15-16,22-23H,12,14,17H2/p+1. The number of hydrogen-bond donors (Lipinski definition) is 1. The summed E-state index contributed by atoms with van der Waals surface area (Å²) in [5.74, 6) is 0.642. The molecule has 2 unspecified atom stereocenters. The number of nitrogens with one attached hydrogen (secondary N) is 1. The SMILES string of the molecule is O=C(c1ccc(NCC[n+]2ccn3ccccc32)cc1)C1CC1c1ccc(Cl)cc1. The van der Waals surface area contributed by atoms with Crippen molar-refractivity contribution >= 4 is 28.7 Å². The van der Waals surface area contributed by atoms with E-state index in [1.807, 2.05) is 66.9 Å². The normalized spacial score (nSPS) is 17.8. The van der Waals surface area contributed by atoms with Gasteiger partial charge in [-0.05, 0) is 60.4 Å². The van der Waals surface area contributed by atoms with Crippen molar-refractivity contribution in [2.45, 2.75) is 18.9 Å². The van der Waals surface area contributed by atoms with Crippen molar-refractivity contribution in [3.05, 3.63) is 101 Å². The molecule has 5 heteroatoms. The first-order chi connectivity index (χ1) is 14.7. The summed E-state index contributed by atoms with van der Waals surface area (Å²) in [6.45, 7) is 1.68. The van der Waals surface area contributed by atoms with Crippen LogP contribution in [0.5, 0.6) is 0 Å². The number of rotatable bonds is 7. The molecule has 0 saturated heterocycles. The average Bonchev–Trinajstić information content (AvgIpc) is 3.48. The maximum absolute atomic E-state index is 12.8. The average molecular weight is 417 g/mol. The minimum absolute atomic E-state index is 0.0875. The minimum Gasteiger partial charge on any atom is -0.381 e. The predicted octanol–water partition coefficient (Wildman–Crippen LogP) is 4.98. The summed E-state index contributed by atoms with van der Waals surface area (Å²) < 4.78 is 4.32. The molecule has 2 atom stereocenters. The Balaban J connectivity index is 1.17. The first-order valence-electron chi connectivity index (χ1n) is 10.3. The van der Waals surface area contributed by atoms with E-state index in [9.17, 15) is 4.79 Å². The van der Waals surface area contributed by atoms with Crippen LogP contribution in [0.15, 0.2) is 85.3 Å². The summed E-state index contributed by atoms with van der Waals surface area (Å²) in [5.41, 5.74) is 4.18. The van der Waals surface area contributed by atoms with Crippen molar-refractivity contribution < 1.29 is 9.36 Å². The van der Waals surface area contributed by atoms with E-state index in [0.717, 1.165) is 35.8 Å². The van der Waals surface area contributed by atoms with Crippen molar-refractivity contribution in [2.75, 3.05) is 11.9 Å². The minimum atomic E-state index is 0.0875. The van der Waals surface area contributed by atoms with Crippen LogP contribution < -0.4 is 9.88 Å². The zero-order valence-electron chi connectivity index (χ0n) is 16.5. The van der Waals surface area contributed by atoms with E-state index in [4.69, 9.17) is 11.6 Å². The Morgan fingerprint density at radius 1 is 1.03 bits per heavy atom. The molecule has 1 aliphatic rings. The van der Waals surface area contributed by atoms with E-state index in [1.165, 1.54) is 11.2 Å². The van der Waals surface area contributed by atoms with Crippen LogP contribution in [0.1, 0.15) is 28.3 Å². The van der Waals surface area contributed by atoms with Crippen molar-refractivity contribution in [3.8, 4) is 0 Å². The van der Waals surface area contributed by atoms with E-state index < -0.39 is 0 Å². The van der Waals surface area contributed by atoms with Crippen LogP contribution in [-0.2, 0) is 6.54 Å². The van der Waals surface area contributed by atoms with Crippen LogP contribution in [0.3, 0.4) is 0 Å². The van der Waals surface area contributed by atoms with E-state index >= 15 is 0 Å². The molecule has 2 heterocycles. The second-order valence-electron chi connectivity index (χ2n) is 7.83. The van der Waals surface area contributed by atoms with Gasteiger partial charge in [0.1, 0.15) is 18.9 Å². The third kappa shape index (κ3) is 3.83. The van der Waals surface area contributed by atoms with Crippen molar-refractivity contribution in [3.63, 3.8) is 0 Å². The van der Waals surface area contributed by atoms with Crippen LogP contribution in [0.2, 0.25) is 5.02 Å². The second-order valence-corrected chi connectivity index (χ2v) is 8.26. The number of benzene rings is 2. The smallest absolute Gasteiger partial charge is 0.286 e. The van der Waals surface area contributed by atoms with Crippen LogP contribution in [0.25, 0.3) is 5.65 Å². The molecule has 1 aliphatic carbocycles. The monoisotopic (exact) mass is 416 g/mol. The third-order valence-electron chi connectivity index (χ3n) is 5.85. The maximum atomic E-state index is 12.8. The third-order valence-corrected chi connectivity index (χ3v) is 6.10. The first kappa shape index (κ1) is 18.9. The highest BCUT2D eigenvalue weighted by Gasteiger charge is 2.43. The van der Waals surface area contributed by atoms with Gasteiger partial charge in [0.15, 0.2) is 5.78 Å². The van der Waals surface area contributed by atoms with E-state index in [-0.39, 0.29) is 11.7 Å². The molecule has 0 amide bonds. The number of aromatic nitrogens is 2. The number of ketones is 1. The van der Waals surface area contributed by atoms with Crippen molar-refractivity contribution in [1.29, 1.82) is 0 Å². The highest BCUT2D eigenvalue weighted by Crippen LogP contribution is 2.49. The summed E-state index contributed by atoms with van der Waals surface area (Å²) in [5, 5.41) is 4.18. The molecular weight excluding hydrogens is 394 g/mol. The molecule has 0 spiro atoms. The zero-order valence-corrected chi connectivity index (χ0v) is 17.3. The van der Waals surface area contributed by atoms with Crippen molar-refractivity contribution in [1.82, 2.24) is 4.40 Å². The van der Waals surface area contributed by atoms with Gasteiger partial charge in [-0.3, -0.25) is 4.79 Å². The van der Waals surface area contributed by atoms with Gasteiger partial charge in [0.05, 0.1) is 12.7 Å². The number of fused-ring (bicyclic) bond motifs is 1. The van der Waals surface area contributed by atoms with Crippen LogP contribution in [-0.4, -0.2) is 16.7 Å². The lowest BCUT2D eigenvalue weighted by atomic mass is 10.0. The molecule has 30 heavy (non-hydrogen) atoms. The Kier molecular flexibility index (Phi) is 5.01. The summed E-state index contributed by atoms with van der Waals surface area (Å²) in [6, 6.07) is 21.9. The van der Waals surface area contributed by atoms with Crippen LogP contribution >= 0.6 is 11.6 Å². The molecule has 4 nitrogen and oxygen atoms in total. The van der Waals surface area contributed by atoms with Gasteiger partial charge in [-0.1, -0.05) is 29.8 Å². The zero-order chi connectivity index (χ0) is 20.5. The van der Waals surface area contributed by atoms with Crippen LogP contribution in [0.4, 0.5) is 5.69 Å². The van der Waals surface area contributed by atoms with Gasteiger partial charge in [-0.2, -0.15) is 0 Å². The van der Waals surface area contributed by atoms with Gasteiger partial charge in [0, 0.05) is 28.3 Å². The summed E-state index contributed by atoms with van der Waals surface area (Å²) in [7, 11) is 0. The summed E-state index contributed by atoms with van der Waals surface area (Å²) in [6.07, 6.45) is 7.12. The van der Waals surface area contributed by atoms with Gasteiger partial charge < -0.3 is 5.32 Å². The largest absolute Gasteiger partial charge is 0.381 e. The topological polar surface area (TPSA) is 37.4 Å². The highest BCUT2D eigenvalue weighted by molar-refractivity contribution is 6.30. The highest BCUT2D eigenvalue weighted by atomic mass is 35.5. The van der Waals surface area contributed by atoms with E-state index in [2.05, 4.69) is 32.7 Å². The quantitative estimate of drug-likeness (QED) is 0.341. The Hall–Kier alpha value is -3.11. The number of carbonyl (C=O) groups excluding carboxylic acids is 1. The van der Waals surface area contributed by atoms with Gasteiger partial charge in [0.2, 0.25) is 0 Å². The Labute approximate surface area is 180 Å². The summed E-state index contributed by atoms with van der Waals surface area (Å²) >= 11 is 5.96. The molecule has 1 saturated carbocycles.